The molecule has 4 heteroatoms. The summed E-state index contributed by atoms with van der Waals surface area (Å²) in [5, 5.41) is 0. The van der Waals surface area contributed by atoms with Gasteiger partial charge in [-0.3, -0.25) is 0 Å². The third kappa shape index (κ3) is 2.46. The third-order valence-corrected chi connectivity index (χ3v) is 2.34. The Labute approximate surface area is 88.9 Å². The molecule has 1 rings (SSSR count). The van der Waals surface area contributed by atoms with E-state index < -0.39 is 0 Å². The number of para-hydroxylation sites is 1. The van der Waals surface area contributed by atoms with Gasteiger partial charge in [0, 0.05) is 11.0 Å². The van der Waals surface area contributed by atoms with E-state index in [0.717, 1.165) is 5.56 Å². The van der Waals surface area contributed by atoms with Crippen molar-refractivity contribution in [3.05, 3.63) is 29.6 Å². The normalized spacial score (nSPS) is 11.5. The van der Waals surface area contributed by atoms with Gasteiger partial charge < -0.3 is 9.57 Å². The van der Waals surface area contributed by atoms with Crippen LogP contribution in [0.4, 0.5) is 4.39 Å². The van der Waals surface area contributed by atoms with Gasteiger partial charge in [0.25, 0.3) is 0 Å². The Balaban J connectivity index is 3.18. The van der Waals surface area contributed by atoms with Crippen LogP contribution in [0.15, 0.2) is 18.2 Å². The summed E-state index contributed by atoms with van der Waals surface area (Å²) in [5.74, 6) is 4.92. The predicted octanol–water partition coefficient (Wildman–Crippen LogP) is 2.00. The monoisotopic (exact) mass is 213 g/mol. The minimum Gasteiger partial charge on any atom is -0.493 e. The molecule has 0 saturated heterocycles. The van der Waals surface area contributed by atoms with Gasteiger partial charge in [0.15, 0.2) is 11.6 Å². The van der Waals surface area contributed by atoms with Crippen molar-refractivity contribution in [1.29, 1.82) is 0 Å². The third-order valence-electron chi connectivity index (χ3n) is 2.34. The molecule has 0 heterocycles. The van der Waals surface area contributed by atoms with Crippen LogP contribution in [0, 0.1) is 5.82 Å². The Bertz CT molecular complexity index is 339. The van der Waals surface area contributed by atoms with Gasteiger partial charge >= 0.3 is 0 Å². The fraction of sp³-hybridized carbons (Fsp3) is 0.455. The minimum atomic E-state index is -0.387. The molecule has 0 fully saturated rings. The molecule has 15 heavy (non-hydrogen) atoms. The fourth-order valence-electron chi connectivity index (χ4n) is 1.54. The molecule has 0 spiro atoms. The first-order valence-electron chi connectivity index (χ1n) is 4.67. The van der Waals surface area contributed by atoms with Gasteiger partial charge in [0.2, 0.25) is 0 Å². The Morgan fingerprint density at radius 2 is 2.07 bits per heavy atom. The van der Waals surface area contributed by atoms with Gasteiger partial charge in [-0.25, -0.2) is 10.3 Å². The molecule has 0 aliphatic heterocycles. The van der Waals surface area contributed by atoms with E-state index in [1.807, 2.05) is 13.8 Å². The van der Waals surface area contributed by atoms with Crippen LogP contribution >= 0.6 is 0 Å². The zero-order valence-corrected chi connectivity index (χ0v) is 9.21. The molecule has 3 nitrogen and oxygen atoms in total. The summed E-state index contributed by atoms with van der Waals surface area (Å²) in [7, 11) is 1.45. The van der Waals surface area contributed by atoms with Crippen LogP contribution in [0.2, 0.25) is 0 Å². The highest BCUT2D eigenvalue weighted by Crippen LogP contribution is 2.33. The summed E-state index contributed by atoms with van der Waals surface area (Å²) < 4.78 is 18.5. The second-order valence-corrected chi connectivity index (χ2v) is 4.02. The Hall–Kier alpha value is -1.13. The maximum absolute atomic E-state index is 13.4. The SMILES string of the molecule is COc1c(F)cccc1C(C)(C)CON. The lowest BCUT2D eigenvalue weighted by atomic mass is 9.85. The van der Waals surface area contributed by atoms with Crippen molar-refractivity contribution in [1.82, 2.24) is 0 Å². The predicted molar refractivity (Wildman–Crippen MR) is 56.1 cm³/mol. The summed E-state index contributed by atoms with van der Waals surface area (Å²) >= 11 is 0. The molecule has 1 aromatic rings. The zero-order valence-electron chi connectivity index (χ0n) is 9.21. The smallest absolute Gasteiger partial charge is 0.165 e. The highest BCUT2D eigenvalue weighted by Gasteiger charge is 2.26. The number of rotatable bonds is 4. The summed E-state index contributed by atoms with van der Waals surface area (Å²) in [6.07, 6.45) is 0. The van der Waals surface area contributed by atoms with Crippen LogP contribution < -0.4 is 10.6 Å². The number of hydrogen-bond donors (Lipinski definition) is 1. The van der Waals surface area contributed by atoms with E-state index >= 15 is 0 Å². The molecule has 2 N–H and O–H groups in total. The van der Waals surface area contributed by atoms with Crippen LogP contribution in [-0.2, 0) is 10.3 Å². The molecule has 0 atom stereocenters. The average molecular weight is 213 g/mol. The first-order chi connectivity index (χ1) is 7.03. The van der Waals surface area contributed by atoms with Gasteiger partial charge in [-0.05, 0) is 6.07 Å². The molecule has 0 aliphatic carbocycles. The van der Waals surface area contributed by atoms with E-state index in [0.29, 0.717) is 6.61 Å². The van der Waals surface area contributed by atoms with Crippen LogP contribution in [0.25, 0.3) is 0 Å². The van der Waals surface area contributed by atoms with Gasteiger partial charge in [-0.15, -0.1) is 0 Å². The maximum Gasteiger partial charge on any atom is 0.165 e. The molecule has 0 bridgehead atoms. The lowest BCUT2D eigenvalue weighted by Gasteiger charge is -2.25. The molecular weight excluding hydrogens is 197 g/mol. The van der Waals surface area contributed by atoms with E-state index in [2.05, 4.69) is 4.84 Å². The van der Waals surface area contributed by atoms with Crippen molar-refractivity contribution >= 4 is 0 Å². The second kappa shape index (κ2) is 4.59. The van der Waals surface area contributed by atoms with Crippen molar-refractivity contribution in [2.24, 2.45) is 5.90 Å². The number of halogens is 1. The van der Waals surface area contributed by atoms with Crippen molar-refractivity contribution in [2.75, 3.05) is 13.7 Å². The van der Waals surface area contributed by atoms with Crippen LogP contribution in [-0.4, -0.2) is 13.7 Å². The minimum absolute atomic E-state index is 0.250. The lowest BCUT2D eigenvalue weighted by Crippen LogP contribution is -2.27. The average Bonchev–Trinajstić information content (AvgIpc) is 2.17. The van der Waals surface area contributed by atoms with Gasteiger partial charge in [0.05, 0.1) is 13.7 Å². The first-order valence-corrected chi connectivity index (χ1v) is 4.67. The van der Waals surface area contributed by atoms with Crippen LogP contribution in [0.1, 0.15) is 19.4 Å². The van der Waals surface area contributed by atoms with E-state index in [-0.39, 0.29) is 17.0 Å². The molecule has 0 amide bonds. The molecule has 0 unspecified atom stereocenters. The Kier molecular flexibility index (Phi) is 3.66. The van der Waals surface area contributed by atoms with Crippen molar-refractivity contribution < 1.29 is 14.0 Å². The van der Waals surface area contributed by atoms with Crippen LogP contribution in [0.3, 0.4) is 0 Å². The molecule has 0 radical (unpaired) electrons. The fourth-order valence-corrected chi connectivity index (χ4v) is 1.54. The summed E-state index contributed by atoms with van der Waals surface area (Å²) in [6.45, 7) is 4.13. The van der Waals surface area contributed by atoms with Crippen molar-refractivity contribution in [2.45, 2.75) is 19.3 Å². The molecule has 0 aromatic heterocycles. The number of hydrogen-bond acceptors (Lipinski definition) is 3. The number of benzene rings is 1. The summed E-state index contributed by atoms with van der Waals surface area (Å²) in [6, 6.07) is 4.81. The van der Waals surface area contributed by atoms with Crippen LogP contribution in [0.5, 0.6) is 5.75 Å². The molecule has 1 aromatic carbocycles. The second-order valence-electron chi connectivity index (χ2n) is 4.02. The van der Waals surface area contributed by atoms with Gasteiger partial charge in [0.1, 0.15) is 0 Å². The first kappa shape index (κ1) is 11.9. The topological polar surface area (TPSA) is 44.5 Å². The largest absolute Gasteiger partial charge is 0.493 e. The van der Waals surface area contributed by atoms with Crippen molar-refractivity contribution in [3.8, 4) is 5.75 Å². The Morgan fingerprint density at radius 3 is 2.60 bits per heavy atom. The molecular formula is C11H16FNO2. The van der Waals surface area contributed by atoms with Gasteiger partial charge in [-0.2, -0.15) is 0 Å². The van der Waals surface area contributed by atoms with E-state index in [1.165, 1.54) is 13.2 Å². The number of nitrogens with two attached hydrogens (primary N) is 1. The molecule has 84 valence electrons. The molecule has 0 aliphatic rings. The standard InChI is InChI=1S/C11H16FNO2/c1-11(2,7-15-13)8-5-4-6-9(12)10(8)14-3/h4-6H,7,13H2,1-3H3. The van der Waals surface area contributed by atoms with Gasteiger partial charge in [-0.1, -0.05) is 26.0 Å². The highest BCUT2D eigenvalue weighted by atomic mass is 19.1. The molecule has 0 saturated carbocycles. The maximum atomic E-state index is 13.4. The summed E-state index contributed by atoms with van der Waals surface area (Å²) in [5.41, 5.74) is 0.359. The number of methoxy groups -OCH3 is 1. The summed E-state index contributed by atoms with van der Waals surface area (Å²) in [4.78, 5) is 4.62. The highest BCUT2D eigenvalue weighted by molar-refractivity contribution is 5.40. The zero-order chi connectivity index (χ0) is 11.5. The van der Waals surface area contributed by atoms with E-state index in [4.69, 9.17) is 10.6 Å². The number of ether oxygens (including phenoxy) is 1. The van der Waals surface area contributed by atoms with E-state index in [1.54, 1.807) is 12.1 Å². The Morgan fingerprint density at radius 1 is 1.40 bits per heavy atom. The van der Waals surface area contributed by atoms with Crippen molar-refractivity contribution in [3.63, 3.8) is 0 Å². The van der Waals surface area contributed by atoms with E-state index in [9.17, 15) is 4.39 Å². The quantitative estimate of drug-likeness (QED) is 0.778. The lowest BCUT2D eigenvalue weighted by molar-refractivity contribution is 0.0952.